The van der Waals surface area contributed by atoms with Gasteiger partial charge in [-0.2, -0.15) is 0 Å². The van der Waals surface area contributed by atoms with Crippen LogP contribution in [0.25, 0.3) is 0 Å². The van der Waals surface area contributed by atoms with E-state index >= 15 is 0 Å². The Bertz CT molecular complexity index is 1600. The van der Waals surface area contributed by atoms with Crippen molar-refractivity contribution in [2.45, 2.75) is 139 Å². The lowest BCUT2D eigenvalue weighted by Crippen LogP contribution is -2.46. The molecule has 0 aromatic heterocycles. The molecular formula is C41H54Cl3F6N3O9. The fourth-order valence-corrected chi connectivity index (χ4v) is 8.27. The number of carbonyl (C=O) groups is 6. The summed E-state index contributed by atoms with van der Waals surface area (Å²) in [5.41, 5.74) is -0.362. The van der Waals surface area contributed by atoms with Crippen molar-refractivity contribution >= 4 is 69.1 Å². The maximum absolute atomic E-state index is 12.1. The Balaban J connectivity index is 0.000000760. The molecule has 6 aliphatic rings. The van der Waals surface area contributed by atoms with Crippen molar-refractivity contribution in [1.29, 1.82) is 0 Å². The van der Waals surface area contributed by atoms with Gasteiger partial charge >= 0.3 is 17.0 Å². The van der Waals surface area contributed by atoms with Gasteiger partial charge in [0.2, 0.25) is 0 Å². The average molecular weight is 953 g/mol. The van der Waals surface area contributed by atoms with Crippen LogP contribution in [0, 0.1) is 0 Å². The van der Waals surface area contributed by atoms with Gasteiger partial charge in [-0.1, -0.05) is 72.3 Å². The van der Waals surface area contributed by atoms with Crippen LogP contribution in [-0.4, -0.2) is 93.0 Å². The Morgan fingerprint density at radius 2 is 1.00 bits per heavy atom. The van der Waals surface area contributed by atoms with Gasteiger partial charge in [0.25, 0.3) is 0 Å². The summed E-state index contributed by atoms with van der Waals surface area (Å²) in [7, 11) is 2.15. The molecule has 0 spiro atoms. The SMILES string of the molecule is CC(Cl)OC(=O)Cl.CN1C2CCC1CC(=O)C2.F.F.FF.FF.O=C(Cl)OCc1ccccc1.O=C1CC2CCC(C1)N2.O=C1CC2CCC(C1)N2C(=O)OCc1ccccc1. The number of piperidine rings is 3. The van der Waals surface area contributed by atoms with E-state index in [2.05, 4.69) is 26.7 Å². The van der Waals surface area contributed by atoms with Crippen LogP contribution in [0.1, 0.15) is 95.1 Å². The second-order valence-electron chi connectivity index (χ2n) is 14.8. The Labute approximate surface area is 371 Å². The van der Waals surface area contributed by atoms with E-state index in [-0.39, 0.29) is 40.0 Å². The van der Waals surface area contributed by atoms with E-state index in [0.717, 1.165) is 49.7 Å². The number of hydrogen-bond acceptors (Lipinski definition) is 11. The van der Waals surface area contributed by atoms with E-state index in [1.165, 1.54) is 32.6 Å². The highest BCUT2D eigenvalue weighted by Gasteiger charge is 2.43. The molecule has 2 aromatic carbocycles. The highest BCUT2D eigenvalue weighted by Crippen LogP contribution is 2.35. The number of nitrogens with one attached hydrogen (secondary N) is 1. The summed E-state index contributed by atoms with van der Waals surface area (Å²) in [6.45, 7) is 2.04. The van der Waals surface area contributed by atoms with Crippen molar-refractivity contribution in [3.05, 3.63) is 71.8 Å². The zero-order valence-electron chi connectivity index (χ0n) is 34.2. The van der Waals surface area contributed by atoms with Crippen LogP contribution >= 0.6 is 34.8 Å². The van der Waals surface area contributed by atoms with Crippen LogP contribution in [0.4, 0.5) is 42.1 Å². The van der Waals surface area contributed by atoms with Crippen LogP contribution in [-0.2, 0) is 41.8 Å². The summed E-state index contributed by atoms with van der Waals surface area (Å²) in [6, 6.07) is 21.4. The number of rotatable bonds is 5. The molecule has 6 fully saturated rings. The summed E-state index contributed by atoms with van der Waals surface area (Å²) in [5.74, 6) is 1.21. The molecule has 62 heavy (non-hydrogen) atoms. The predicted molar refractivity (Wildman–Crippen MR) is 222 cm³/mol. The highest BCUT2D eigenvalue weighted by atomic mass is 35.5. The normalized spacial score (nSPS) is 23.7. The molecule has 6 saturated heterocycles. The largest absolute Gasteiger partial charge is 0.449 e. The monoisotopic (exact) mass is 951 g/mol. The van der Waals surface area contributed by atoms with Crippen LogP contribution in [0.5, 0.6) is 0 Å². The smallest absolute Gasteiger partial charge is 0.410 e. The summed E-state index contributed by atoms with van der Waals surface area (Å²) in [5, 5.41) is 3.40. The van der Waals surface area contributed by atoms with Crippen LogP contribution in [0.2, 0.25) is 0 Å². The molecule has 0 aliphatic carbocycles. The first-order valence-electron chi connectivity index (χ1n) is 19.4. The quantitative estimate of drug-likeness (QED) is 0.132. The van der Waals surface area contributed by atoms with Gasteiger partial charge in [-0.25, -0.2) is 14.4 Å². The van der Waals surface area contributed by atoms with Gasteiger partial charge in [0.05, 0.1) is 0 Å². The fourth-order valence-electron chi connectivity index (χ4n) is 7.95. The first kappa shape index (κ1) is 58.0. The summed E-state index contributed by atoms with van der Waals surface area (Å²) < 4.78 is 46.1. The van der Waals surface area contributed by atoms with E-state index in [1.807, 2.05) is 60.7 Å². The van der Waals surface area contributed by atoms with Crippen molar-refractivity contribution < 1.29 is 70.7 Å². The molecule has 12 nitrogen and oxygen atoms in total. The fraction of sp³-hybridized carbons (Fsp3) is 0.561. The van der Waals surface area contributed by atoms with E-state index in [0.29, 0.717) is 55.2 Å². The molecule has 6 heterocycles. The Morgan fingerprint density at radius 3 is 1.37 bits per heavy atom. The van der Waals surface area contributed by atoms with Gasteiger partial charge in [-0.15, -0.1) is 0 Å². The number of amides is 1. The van der Waals surface area contributed by atoms with Crippen molar-refractivity contribution in [1.82, 2.24) is 15.1 Å². The topological polar surface area (TPSA) is 149 Å². The van der Waals surface area contributed by atoms with Gasteiger partial charge in [-0.05, 0) is 63.6 Å². The number of hydrogen-bond donors (Lipinski definition) is 1. The average Bonchev–Trinajstić information content (AvgIpc) is 3.79. The van der Waals surface area contributed by atoms with E-state index in [1.54, 1.807) is 4.90 Å². The lowest BCUT2D eigenvalue weighted by Gasteiger charge is -2.33. The molecule has 7 atom stereocenters. The molecule has 7 unspecified atom stereocenters. The zero-order chi connectivity index (χ0) is 44.6. The van der Waals surface area contributed by atoms with Gasteiger partial charge in [0.1, 0.15) is 30.6 Å². The van der Waals surface area contributed by atoms with Crippen LogP contribution in [0.15, 0.2) is 60.7 Å². The van der Waals surface area contributed by atoms with E-state index < -0.39 is 16.4 Å². The third-order valence-electron chi connectivity index (χ3n) is 10.6. The molecule has 0 radical (unpaired) electrons. The Hall–Kier alpha value is -3.97. The summed E-state index contributed by atoms with van der Waals surface area (Å²) >= 11 is 14.8. The minimum absolute atomic E-state index is 0. The molecule has 0 saturated carbocycles. The molecule has 6 aliphatic heterocycles. The van der Waals surface area contributed by atoms with Crippen molar-refractivity contribution in [3.8, 4) is 0 Å². The molecule has 2 aromatic rings. The molecule has 21 heteroatoms. The maximum Gasteiger partial charge on any atom is 0.410 e. The molecule has 1 amide bonds. The van der Waals surface area contributed by atoms with Gasteiger partial charge in [0.15, 0.2) is 5.56 Å². The lowest BCUT2D eigenvalue weighted by molar-refractivity contribution is -0.124. The first-order valence-corrected chi connectivity index (χ1v) is 20.6. The first-order chi connectivity index (χ1) is 28.8. The second kappa shape index (κ2) is 31.8. The molecule has 350 valence electrons. The molecule has 6 bridgehead atoms. The third-order valence-corrected chi connectivity index (χ3v) is 10.9. The summed E-state index contributed by atoms with van der Waals surface area (Å²) in [6.07, 6.45) is 10.7. The van der Waals surface area contributed by atoms with Gasteiger partial charge in [0, 0.05) is 116 Å². The lowest BCUT2D eigenvalue weighted by atomic mass is 10.0. The minimum atomic E-state index is -0.873. The van der Waals surface area contributed by atoms with Gasteiger partial charge in [-0.3, -0.25) is 28.7 Å². The van der Waals surface area contributed by atoms with Gasteiger partial charge < -0.3 is 24.4 Å². The molecular weight excluding hydrogens is 899 g/mol. The summed E-state index contributed by atoms with van der Waals surface area (Å²) in [4.78, 5) is 69.6. The number of halogens is 9. The van der Waals surface area contributed by atoms with Crippen LogP contribution in [0.3, 0.4) is 0 Å². The number of benzene rings is 2. The number of ether oxygens (including phenoxy) is 3. The van der Waals surface area contributed by atoms with Crippen molar-refractivity contribution in [2.75, 3.05) is 7.05 Å². The number of ketones is 3. The standard InChI is InChI=1S/C15H17NO3.C8H7ClO2.C8H13NO.C7H11NO.C3H4Cl2O2.2F2.2FH/c17-14-8-12-6-7-13(9-14)16(12)15(18)19-10-11-4-2-1-3-5-11;9-8(10)11-6-7-4-2-1-3-5-7;1-9-6-2-3-7(9)5-8(10)4-6;9-7-3-5-1-2-6(4-7)8-5;1-2(4)7-3(5)6;2*1-2;;/h1-5,12-13H,6-10H2;1-5H,6H2;6-7H,2-5H2,1H3;5-6,8H,1-4H2;2H,1H3;;;2*1H. The molecule has 8 rings (SSSR count). The van der Waals surface area contributed by atoms with Crippen LogP contribution < -0.4 is 5.32 Å². The number of alkyl halides is 1. The van der Waals surface area contributed by atoms with Crippen molar-refractivity contribution in [3.63, 3.8) is 0 Å². The van der Waals surface area contributed by atoms with E-state index in [9.17, 15) is 28.8 Å². The Morgan fingerprint density at radius 1 is 0.629 bits per heavy atom. The predicted octanol–water partition coefficient (Wildman–Crippen LogP) is 10.3. The maximum atomic E-state index is 12.1. The second-order valence-corrected chi connectivity index (χ2v) is 16.0. The third kappa shape index (κ3) is 21.4. The number of carbonyl (C=O) groups excluding carboxylic acids is 6. The minimum Gasteiger partial charge on any atom is -0.449 e. The number of fused-ring (bicyclic) bond motifs is 6. The Kier molecular flexibility index (Phi) is 29.8. The van der Waals surface area contributed by atoms with E-state index in [4.69, 9.17) is 57.8 Å². The number of Topliss-reactive ketones (excluding diaryl/α,β-unsaturated/α-hetero) is 3. The zero-order valence-corrected chi connectivity index (χ0v) is 36.5. The van der Waals surface area contributed by atoms with Crippen molar-refractivity contribution in [2.24, 2.45) is 0 Å². The highest BCUT2D eigenvalue weighted by molar-refractivity contribution is 6.61. The molecule has 1 N–H and O–H groups in total. The number of nitrogens with zero attached hydrogens (tertiary/aromatic N) is 2.